The number of hydrogen-bond acceptors (Lipinski definition) is 5. The highest BCUT2D eigenvalue weighted by atomic mass is 16.5. The molecule has 0 aromatic carbocycles. The molecule has 2 aromatic heterocycles. The lowest BCUT2D eigenvalue weighted by molar-refractivity contribution is 0.260. The van der Waals surface area contributed by atoms with Crippen LogP contribution < -0.4 is 10.5 Å². The number of nitrogens with zero attached hydrogens (tertiary/aromatic N) is 2. The molecule has 0 unspecified atom stereocenters. The molecular formula is C10H11N3O2. The average Bonchev–Trinajstić information content (AvgIpc) is 2.65. The largest absolute Gasteiger partial charge is 0.469 e. The van der Waals surface area contributed by atoms with Crippen LogP contribution in [0.15, 0.2) is 28.9 Å². The number of anilines is 1. The summed E-state index contributed by atoms with van der Waals surface area (Å²) in [4.78, 5) is 7.88. The molecule has 2 rings (SSSR count). The van der Waals surface area contributed by atoms with Crippen molar-refractivity contribution in [1.29, 1.82) is 0 Å². The summed E-state index contributed by atoms with van der Waals surface area (Å²) in [5.41, 5.74) is 6.26. The maximum absolute atomic E-state index is 5.48. The third kappa shape index (κ3) is 2.46. The first-order chi connectivity index (χ1) is 7.24. The Morgan fingerprint density at radius 3 is 3.00 bits per heavy atom. The maximum Gasteiger partial charge on any atom is 0.223 e. The lowest BCUT2D eigenvalue weighted by atomic mass is 10.4. The van der Waals surface area contributed by atoms with E-state index in [-0.39, 0.29) is 5.95 Å². The molecule has 0 saturated carbocycles. The smallest absolute Gasteiger partial charge is 0.223 e. The van der Waals surface area contributed by atoms with Crippen LogP contribution in [0.5, 0.6) is 5.88 Å². The van der Waals surface area contributed by atoms with Crippen molar-refractivity contribution >= 4 is 5.95 Å². The Balaban J connectivity index is 2.05. The summed E-state index contributed by atoms with van der Waals surface area (Å²) in [5, 5.41) is 0. The zero-order valence-electron chi connectivity index (χ0n) is 8.30. The lowest BCUT2D eigenvalue weighted by Crippen LogP contribution is -2.01. The molecule has 0 saturated heterocycles. The number of nitrogens with two attached hydrogens (primary N) is 1. The van der Waals surface area contributed by atoms with Crippen LogP contribution in [0.2, 0.25) is 0 Å². The molecule has 5 heteroatoms. The van der Waals surface area contributed by atoms with Gasteiger partial charge in [-0.3, -0.25) is 0 Å². The van der Waals surface area contributed by atoms with Crippen molar-refractivity contribution in [2.24, 2.45) is 0 Å². The van der Waals surface area contributed by atoms with Gasteiger partial charge in [-0.05, 0) is 19.1 Å². The van der Waals surface area contributed by atoms with Crippen molar-refractivity contribution in [3.63, 3.8) is 0 Å². The Labute approximate surface area is 86.9 Å². The number of furan rings is 1. The van der Waals surface area contributed by atoms with E-state index in [9.17, 15) is 0 Å². The third-order valence-electron chi connectivity index (χ3n) is 1.79. The molecule has 0 aliphatic rings. The molecule has 0 aliphatic heterocycles. The van der Waals surface area contributed by atoms with E-state index < -0.39 is 0 Å². The molecule has 0 amide bonds. The minimum Gasteiger partial charge on any atom is -0.469 e. The zero-order valence-corrected chi connectivity index (χ0v) is 8.30. The minimum atomic E-state index is 0.212. The molecule has 78 valence electrons. The first-order valence-corrected chi connectivity index (χ1v) is 4.50. The first-order valence-electron chi connectivity index (χ1n) is 4.50. The molecule has 2 N–H and O–H groups in total. The molecule has 0 radical (unpaired) electrons. The Morgan fingerprint density at radius 1 is 1.47 bits per heavy atom. The van der Waals surface area contributed by atoms with Crippen LogP contribution in [0.4, 0.5) is 5.95 Å². The van der Waals surface area contributed by atoms with Crippen LogP contribution in [0.25, 0.3) is 0 Å². The third-order valence-corrected chi connectivity index (χ3v) is 1.79. The predicted octanol–water partition coefficient (Wildman–Crippen LogP) is 1.54. The van der Waals surface area contributed by atoms with Gasteiger partial charge in [0.1, 0.15) is 12.4 Å². The summed E-state index contributed by atoms with van der Waals surface area (Å²) in [5.74, 6) is 1.41. The number of aromatic nitrogens is 2. The number of nitrogen functional groups attached to an aromatic ring is 1. The molecule has 0 spiro atoms. The standard InChI is InChI=1S/C10H11N3O2/c1-7-5-9(13-10(11)12-7)15-6-8-3-2-4-14-8/h2-5H,6H2,1H3,(H2,11,12,13). The fourth-order valence-corrected chi connectivity index (χ4v) is 1.18. The summed E-state index contributed by atoms with van der Waals surface area (Å²) in [7, 11) is 0. The van der Waals surface area contributed by atoms with Crippen LogP contribution >= 0.6 is 0 Å². The van der Waals surface area contributed by atoms with Crippen molar-refractivity contribution in [1.82, 2.24) is 9.97 Å². The monoisotopic (exact) mass is 205 g/mol. The molecule has 0 fully saturated rings. The number of ether oxygens (including phenoxy) is 1. The fraction of sp³-hybridized carbons (Fsp3) is 0.200. The highest BCUT2D eigenvalue weighted by molar-refractivity contribution is 5.25. The van der Waals surface area contributed by atoms with E-state index in [1.807, 2.05) is 13.0 Å². The van der Waals surface area contributed by atoms with Crippen LogP contribution in [0, 0.1) is 6.92 Å². The summed E-state index contributed by atoms with van der Waals surface area (Å²) < 4.78 is 10.5. The second kappa shape index (κ2) is 4.00. The number of aryl methyl sites for hydroxylation is 1. The highest BCUT2D eigenvalue weighted by Gasteiger charge is 2.01. The fourth-order valence-electron chi connectivity index (χ4n) is 1.18. The van der Waals surface area contributed by atoms with Crippen molar-refractivity contribution in [2.45, 2.75) is 13.5 Å². The van der Waals surface area contributed by atoms with Gasteiger partial charge in [-0.25, -0.2) is 4.98 Å². The average molecular weight is 205 g/mol. The summed E-state index contributed by atoms with van der Waals surface area (Å²) in [6.45, 7) is 2.17. The number of rotatable bonds is 3. The van der Waals surface area contributed by atoms with Gasteiger partial charge in [0.25, 0.3) is 0 Å². The molecule has 15 heavy (non-hydrogen) atoms. The number of hydrogen-bond donors (Lipinski definition) is 1. The van der Waals surface area contributed by atoms with Gasteiger partial charge in [0, 0.05) is 11.8 Å². The van der Waals surface area contributed by atoms with Gasteiger partial charge in [-0.1, -0.05) is 0 Å². The van der Waals surface area contributed by atoms with Gasteiger partial charge in [0.05, 0.1) is 6.26 Å². The van der Waals surface area contributed by atoms with Gasteiger partial charge in [0.15, 0.2) is 0 Å². The van der Waals surface area contributed by atoms with E-state index in [1.165, 1.54) is 0 Å². The second-order valence-corrected chi connectivity index (χ2v) is 3.07. The molecule has 0 bridgehead atoms. The van der Waals surface area contributed by atoms with E-state index in [1.54, 1.807) is 18.4 Å². The van der Waals surface area contributed by atoms with Crippen LogP contribution in [-0.2, 0) is 6.61 Å². The summed E-state index contributed by atoms with van der Waals surface area (Å²) >= 11 is 0. The topological polar surface area (TPSA) is 74.2 Å². The summed E-state index contributed by atoms with van der Waals surface area (Å²) in [6.07, 6.45) is 1.60. The maximum atomic E-state index is 5.48. The normalized spacial score (nSPS) is 10.2. The second-order valence-electron chi connectivity index (χ2n) is 3.07. The van der Waals surface area contributed by atoms with Crippen LogP contribution in [-0.4, -0.2) is 9.97 Å². The van der Waals surface area contributed by atoms with E-state index in [2.05, 4.69) is 9.97 Å². The van der Waals surface area contributed by atoms with E-state index in [4.69, 9.17) is 14.9 Å². The van der Waals surface area contributed by atoms with Gasteiger partial charge < -0.3 is 14.9 Å². The van der Waals surface area contributed by atoms with Crippen LogP contribution in [0.3, 0.4) is 0 Å². The van der Waals surface area contributed by atoms with E-state index in [0.29, 0.717) is 12.5 Å². The SMILES string of the molecule is Cc1cc(OCc2ccco2)nc(N)n1. The van der Waals surface area contributed by atoms with Gasteiger partial charge >= 0.3 is 0 Å². The van der Waals surface area contributed by atoms with E-state index in [0.717, 1.165) is 11.5 Å². The van der Waals surface area contributed by atoms with Crippen molar-refractivity contribution in [2.75, 3.05) is 5.73 Å². The molecule has 2 aromatic rings. The predicted molar refractivity (Wildman–Crippen MR) is 54.2 cm³/mol. The quantitative estimate of drug-likeness (QED) is 0.822. The molecule has 5 nitrogen and oxygen atoms in total. The Morgan fingerprint density at radius 2 is 2.33 bits per heavy atom. The molecule has 0 aliphatic carbocycles. The Kier molecular flexibility index (Phi) is 2.53. The van der Waals surface area contributed by atoms with E-state index >= 15 is 0 Å². The first kappa shape index (κ1) is 9.51. The van der Waals surface area contributed by atoms with Crippen molar-refractivity contribution in [3.8, 4) is 5.88 Å². The minimum absolute atomic E-state index is 0.212. The van der Waals surface area contributed by atoms with Crippen molar-refractivity contribution < 1.29 is 9.15 Å². The molecule has 0 atom stereocenters. The van der Waals surface area contributed by atoms with Crippen LogP contribution in [0.1, 0.15) is 11.5 Å². The summed E-state index contributed by atoms with van der Waals surface area (Å²) in [6, 6.07) is 5.36. The molecular weight excluding hydrogens is 194 g/mol. The van der Waals surface area contributed by atoms with Gasteiger partial charge in [-0.2, -0.15) is 4.98 Å². The zero-order chi connectivity index (χ0) is 10.7. The molecule has 2 heterocycles. The Bertz CT molecular complexity index is 420. The Hall–Kier alpha value is -2.04. The van der Waals surface area contributed by atoms with Gasteiger partial charge in [0.2, 0.25) is 11.8 Å². The highest BCUT2D eigenvalue weighted by Crippen LogP contribution is 2.12. The van der Waals surface area contributed by atoms with Gasteiger partial charge in [-0.15, -0.1) is 0 Å². The van der Waals surface area contributed by atoms with Crippen molar-refractivity contribution in [3.05, 3.63) is 35.9 Å². The lowest BCUT2D eigenvalue weighted by Gasteiger charge is -2.04.